The van der Waals surface area contributed by atoms with Gasteiger partial charge in [0.2, 0.25) is 0 Å². The Morgan fingerprint density at radius 1 is 1.82 bits per heavy atom. The van der Waals surface area contributed by atoms with Crippen molar-refractivity contribution >= 4 is 5.78 Å². The molecule has 2 heteroatoms. The van der Waals surface area contributed by atoms with Crippen molar-refractivity contribution in [3.05, 3.63) is 12.7 Å². The summed E-state index contributed by atoms with van der Waals surface area (Å²) in [5.74, 6) is 0.269. The molecule has 62 valence electrons. The van der Waals surface area contributed by atoms with Gasteiger partial charge in [0.1, 0.15) is 0 Å². The number of nitrogens with one attached hydrogen (secondary N) is 1. The highest BCUT2D eigenvalue weighted by Crippen LogP contribution is 2.20. The molecule has 2 nitrogen and oxygen atoms in total. The molecular weight excluding hydrogens is 138 g/mol. The van der Waals surface area contributed by atoms with Crippen LogP contribution in [0.15, 0.2) is 12.7 Å². The van der Waals surface area contributed by atoms with Gasteiger partial charge in [-0.05, 0) is 26.3 Å². The maximum atomic E-state index is 11.4. The summed E-state index contributed by atoms with van der Waals surface area (Å²) < 4.78 is 0. The first-order valence-corrected chi connectivity index (χ1v) is 4.08. The smallest absolute Gasteiger partial charge is 0.156 e. The van der Waals surface area contributed by atoms with E-state index < -0.39 is 0 Å². The first kappa shape index (κ1) is 8.47. The van der Waals surface area contributed by atoms with Crippen molar-refractivity contribution in [1.29, 1.82) is 0 Å². The van der Waals surface area contributed by atoms with Gasteiger partial charge >= 0.3 is 0 Å². The summed E-state index contributed by atoms with van der Waals surface area (Å²) in [4.78, 5) is 11.4. The molecule has 1 aliphatic rings. The minimum atomic E-state index is -0.256. The molecule has 0 aliphatic carbocycles. The fourth-order valence-electron chi connectivity index (χ4n) is 1.49. The quantitative estimate of drug-likeness (QED) is 0.619. The van der Waals surface area contributed by atoms with Crippen LogP contribution in [0.5, 0.6) is 0 Å². The van der Waals surface area contributed by atoms with E-state index in [0.29, 0.717) is 6.42 Å². The fourth-order valence-corrected chi connectivity index (χ4v) is 1.49. The van der Waals surface area contributed by atoms with E-state index in [1.165, 1.54) is 0 Å². The maximum Gasteiger partial charge on any atom is 0.156 e. The minimum Gasteiger partial charge on any atom is -0.305 e. The number of carbonyl (C=O) groups is 1. The molecule has 1 N–H and O–H groups in total. The van der Waals surface area contributed by atoms with Gasteiger partial charge in [0, 0.05) is 6.42 Å². The summed E-state index contributed by atoms with van der Waals surface area (Å²) in [6, 6.07) is 0. The van der Waals surface area contributed by atoms with Crippen molar-refractivity contribution in [3.63, 3.8) is 0 Å². The van der Waals surface area contributed by atoms with E-state index in [4.69, 9.17) is 0 Å². The van der Waals surface area contributed by atoms with Crippen LogP contribution in [0.2, 0.25) is 0 Å². The molecule has 0 spiro atoms. The Morgan fingerprint density at radius 2 is 2.55 bits per heavy atom. The number of hydrogen-bond donors (Lipinski definition) is 1. The molecule has 1 saturated heterocycles. The van der Waals surface area contributed by atoms with Gasteiger partial charge in [-0.25, -0.2) is 0 Å². The standard InChI is InChI=1S/C9H15NO/c1-3-5-8(11)9(2)6-4-7-10-9/h3,10H,1,4-7H2,2H3/t9-/m1/s1. The molecule has 0 aromatic rings. The van der Waals surface area contributed by atoms with E-state index in [9.17, 15) is 4.79 Å². The van der Waals surface area contributed by atoms with Crippen molar-refractivity contribution in [3.8, 4) is 0 Å². The second kappa shape index (κ2) is 3.18. The van der Waals surface area contributed by atoms with E-state index in [1.54, 1.807) is 6.08 Å². The van der Waals surface area contributed by atoms with E-state index in [2.05, 4.69) is 11.9 Å². The van der Waals surface area contributed by atoms with Crippen LogP contribution in [0.1, 0.15) is 26.2 Å². The predicted molar refractivity (Wildman–Crippen MR) is 45.5 cm³/mol. The Morgan fingerprint density at radius 3 is 3.00 bits per heavy atom. The largest absolute Gasteiger partial charge is 0.305 e. The lowest BCUT2D eigenvalue weighted by molar-refractivity contribution is -0.123. The van der Waals surface area contributed by atoms with Gasteiger partial charge in [-0.15, -0.1) is 6.58 Å². The first-order valence-electron chi connectivity index (χ1n) is 4.08. The third kappa shape index (κ3) is 1.69. The van der Waals surface area contributed by atoms with Crippen molar-refractivity contribution in [1.82, 2.24) is 5.32 Å². The lowest BCUT2D eigenvalue weighted by Crippen LogP contribution is -2.44. The summed E-state index contributed by atoms with van der Waals surface area (Å²) in [6.45, 7) is 6.50. The van der Waals surface area contributed by atoms with E-state index in [-0.39, 0.29) is 11.3 Å². The van der Waals surface area contributed by atoms with Crippen molar-refractivity contribution in [2.45, 2.75) is 31.7 Å². The third-order valence-electron chi connectivity index (χ3n) is 2.31. The average Bonchev–Trinajstić information content (AvgIpc) is 2.38. The molecule has 0 amide bonds. The van der Waals surface area contributed by atoms with Crippen LogP contribution in [0.25, 0.3) is 0 Å². The monoisotopic (exact) mass is 153 g/mol. The van der Waals surface area contributed by atoms with Crippen LogP contribution in [0.3, 0.4) is 0 Å². The second-order valence-electron chi connectivity index (χ2n) is 3.28. The number of hydrogen-bond acceptors (Lipinski definition) is 2. The normalized spacial score (nSPS) is 30.3. The van der Waals surface area contributed by atoms with Crippen LogP contribution >= 0.6 is 0 Å². The van der Waals surface area contributed by atoms with Crippen molar-refractivity contribution in [2.24, 2.45) is 0 Å². The van der Waals surface area contributed by atoms with Crippen molar-refractivity contribution in [2.75, 3.05) is 6.54 Å². The Bertz CT molecular complexity index is 168. The molecule has 0 radical (unpaired) electrons. The van der Waals surface area contributed by atoms with Crippen LogP contribution in [-0.2, 0) is 4.79 Å². The summed E-state index contributed by atoms with van der Waals surface area (Å²) in [5.41, 5.74) is -0.256. The van der Waals surface area contributed by atoms with E-state index >= 15 is 0 Å². The highest BCUT2D eigenvalue weighted by molar-refractivity contribution is 5.89. The van der Waals surface area contributed by atoms with Crippen LogP contribution in [-0.4, -0.2) is 17.9 Å². The Kier molecular flexibility index (Phi) is 2.45. The number of carbonyl (C=O) groups excluding carboxylic acids is 1. The van der Waals surface area contributed by atoms with E-state index in [0.717, 1.165) is 19.4 Å². The Hall–Kier alpha value is -0.630. The molecule has 1 fully saturated rings. The summed E-state index contributed by atoms with van der Waals surface area (Å²) in [5, 5.41) is 3.22. The lowest BCUT2D eigenvalue weighted by atomic mass is 9.93. The Balaban J connectivity index is 2.55. The number of ketones is 1. The highest BCUT2D eigenvalue weighted by Gasteiger charge is 2.34. The fraction of sp³-hybridized carbons (Fsp3) is 0.667. The van der Waals surface area contributed by atoms with Gasteiger partial charge < -0.3 is 5.32 Å². The zero-order chi connectivity index (χ0) is 8.32. The van der Waals surface area contributed by atoms with Gasteiger partial charge in [0.25, 0.3) is 0 Å². The highest BCUT2D eigenvalue weighted by atomic mass is 16.1. The maximum absolute atomic E-state index is 11.4. The zero-order valence-electron chi connectivity index (χ0n) is 7.02. The van der Waals surface area contributed by atoms with Gasteiger partial charge in [-0.2, -0.15) is 0 Å². The van der Waals surface area contributed by atoms with E-state index in [1.807, 2.05) is 6.92 Å². The summed E-state index contributed by atoms with van der Waals surface area (Å²) in [7, 11) is 0. The third-order valence-corrected chi connectivity index (χ3v) is 2.31. The topological polar surface area (TPSA) is 29.1 Å². The lowest BCUT2D eigenvalue weighted by Gasteiger charge is -2.21. The zero-order valence-corrected chi connectivity index (χ0v) is 7.02. The van der Waals surface area contributed by atoms with Crippen molar-refractivity contribution < 1.29 is 4.79 Å². The Labute approximate surface area is 67.7 Å². The number of Topliss-reactive ketones (excluding diaryl/α,β-unsaturated/α-hetero) is 1. The van der Waals surface area contributed by atoms with Gasteiger partial charge in [-0.1, -0.05) is 6.08 Å². The molecule has 0 bridgehead atoms. The van der Waals surface area contributed by atoms with Gasteiger partial charge in [0.05, 0.1) is 5.54 Å². The van der Waals surface area contributed by atoms with Gasteiger partial charge in [0.15, 0.2) is 5.78 Å². The summed E-state index contributed by atoms with van der Waals surface area (Å²) >= 11 is 0. The molecule has 0 aromatic heterocycles. The minimum absolute atomic E-state index is 0.256. The molecule has 1 atom stereocenters. The van der Waals surface area contributed by atoms with Crippen LogP contribution in [0.4, 0.5) is 0 Å². The molecule has 0 aromatic carbocycles. The second-order valence-corrected chi connectivity index (χ2v) is 3.28. The van der Waals surface area contributed by atoms with Crippen LogP contribution in [0, 0.1) is 0 Å². The molecule has 1 rings (SSSR count). The SMILES string of the molecule is C=CCC(=O)[C@@]1(C)CCCN1. The number of rotatable bonds is 3. The molecule has 1 heterocycles. The van der Waals surface area contributed by atoms with Gasteiger partial charge in [-0.3, -0.25) is 4.79 Å². The summed E-state index contributed by atoms with van der Waals surface area (Å²) in [6.07, 6.45) is 4.25. The van der Waals surface area contributed by atoms with Crippen LogP contribution < -0.4 is 5.32 Å². The molecule has 11 heavy (non-hydrogen) atoms. The molecule has 1 aliphatic heterocycles. The molecule has 0 saturated carbocycles. The first-order chi connectivity index (χ1) is 5.19. The average molecular weight is 153 g/mol. The number of allylic oxidation sites excluding steroid dienone is 1. The molecular formula is C9H15NO. The molecule has 0 unspecified atom stereocenters. The predicted octanol–water partition coefficient (Wildman–Crippen LogP) is 1.27.